The third kappa shape index (κ3) is 3.59. The van der Waals surface area contributed by atoms with Gasteiger partial charge in [-0.3, -0.25) is 9.20 Å². The first-order chi connectivity index (χ1) is 10.6. The molecule has 0 bridgehead atoms. The number of halogens is 1. The fraction of sp³-hybridized carbons (Fsp3) is 0.500. The number of amides is 1. The maximum absolute atomic E-state index is 12.5. The molecule has 6 heteroatoms. The van der Waals surface area contributed by atoms with Gasteiger partial charge in [-0.25, -0.2) is 4.98 Å². The van der Waals surface area contributed by atoms with Crippen LogP contribution in [0.4, 0.5) is 0 Å². The number of imidazole rings is 1. The van der Waals surface area contributed by atoms with Crippen molar-refractivity contribution in [2.75, 3.05) is 26.2 Å². The van der Waals surface area contributed by atoms with Crippen LogP contribution in [0.3, 0.4) is 0 Å². The molecule has 120 valence electrons. The second-order valence-electron chi connectivity index (χ2n) is 5.12. The molecule has 0 atom stereocenters. The zero-order valence-electron chi connectivity index (χ0n) is 13.4. The minimum absolute atomic E-state index is 0.0984. The van der Waals surface area contributed by atoms with Gasteiger partial charge in [0.2, 0.25) is 0 Å². The Morgan fingerprint density at radius 1 is 1.32 bits per heavy atom. The highest BCUT2D eigenvalue weighted by Gasteiger charge is 2.18. The Morgan fingerprint density at radius 3 is 2.68 bits per heavy atom. The summed E-state index contributed by atoms with van der Waals surface area (Å²) in [5.41, 5.74) is 2.12. The molecule has 5 nitrogen and oxygen atoms in total. The highest BCUT2D eigenvalue weighted by atomic mass is 35.5. The molecule has 0 fully saturated rings. The summed E-state index contributed by atoms with van der Waals surface area (Å²) in [6, 6.07) is 3.61. The number of likely N-dealkylation sites (N-methyl/N-ethyl adjacent to an activating group) is 1. The second kappa shape index (κ2) is 7.61. The molecule has 0 saturated carbocycles. The van der Waals surface area contributed by atoms with Crippen molar-refractivity contribution in [1.82, 2.24) is 19.6 Å². The lowest BCUT2D eigenvalue weighted by atomic mass is 10.2. The molecule has 2 heterocycles. The van der Waals surface area contributed by atoms with Gasteiger partial charge < -0.3 is 10.2 Å². The summed E-state index contributed by atoms with van der Waals surface area (Å²) in [6.45, 7) is 9.67. The summed E-state index contributed by atoms with van der Waals surface area (Å²) in [5.74, 6) is -0.0984. The first-order valence-corrected chi connectivity index (χ1v) is 8.15. The summed E-state index contributed by atoms with van der Waals surface area (Å²) in [4.78, 5) is 19.3. The average molecular weight is 323 g/mol. The zero-order chi connectivity index (χ0) is 16.1. The maximum Gasteiger partial charge on any atom is 0.270 e. The highest BCUT2D eigenvalue weighted by molar-refractivity contribution is 6.30. The van der Waals surface area contributed by atoms with Gasteiger partial charge in [-0.2, -0.15) is 0 Å². The molecule has 22 heavy (non-hydrogen) atoms. The van der Waals surface area contributed by atoms with Crippen LogP contribution < -0.4 is 5.32 Å². The fourth-order valence-electron chi connectivity index (χ4n) is 2.51. The number of aryl methyl sites for hydroxylation is 1. The largest absolute Gasteiger partial charge is 0.349 e. The van der Waals surface area contributed by atoms with Crippen molar-refractivity contribution in [3.05, 3.63) is 34.7 Å². The minimum atomic E-state index is -0.0984. The van der Waals surface area contributed by atoms with E-state index in [2.05, 4.69) is 29.0 Å². The standard InChI is InChI=1S/C16H23ClN4O/c1-4-13-15(16(22)18-9-10-20(5-2)6-3)21-11-12(17)7-8-14(21)19-13/h7-8,11H,4-6,9-10H2,1-3H3,(H,18,22). The van der Waals surface area contributed by atoms with Crippen LogP contribution in [0, 0.1) is 0 Å². The van der Waals surface area contributed by atoms with Crippen molar-refractivity contribution >= 4 is 23.2 Å². The van der Waals surface area contributed by atoms with Crippen LogP contribution >= 0.6 is 11.6 Å². The molecule has 1 N–H and O–H groups in total. The molecule has 2 aromatic rings. The summed E-state index contributed by atoms with van der Waals surface area (Å²) in [7, 11) is 0. The molecular weight excluding hydrogens is 300 g/mol. The summed E-state index contributed by atoms with van der Waals surface area (Å²) >= 11 is 6.04. The summed E-state index contributed by atoms with van der Waals surface area (Å²) < 4.78 is 1.77. The number of fused-ring (bicyclic) bond motifs is 1. The van der Waals surface area contributed by atoms with E-state index in [4.69, 9.17) is 11.6 Å². The number of carbonyl (C=O) groups is 1. The molecule has 0 saturated heterocycles. The van der Waals surface area contributed by atoms with E-state index in [0.29, 0.717) is 23.7 Å². The first-order valence-electron chi connectivity index (χ1n) is 7.77. The van der Waals surface area contributed by atoms with Crippen molar-refractivity contribution < 1.29 is 4.79 Å². The van der Waals surface area contributed by atoms with E-state index in [1.165, 1.54) is 0 Å². The SMILES string of the molecule is CCc1nc2ccc(Cl)cn2c1C(=O)NCCN(CC)CC. The monoisotopic (exact) mass is 322 g/mol. The summed E-state index contributed by atoms with van der Waals surface area (Å²) in [5, 5.41) is 3.57. The number of rotatable bonds is 7. The highest BCUT2D eigenvalue weighted by Crippen LogP contribution is 2.17. The van der Waals surface area contributed by atoms with Crippen LogP contribution in [-0.2, 0) is 6.42 Å². The van der Waals surface area contributed by atoms with E-state index in [1.54, 1.807) is 16.7 Å². The Labute approximate surface area is 136 Å². The lowest BCUT2D eigenvalue weighted by molar-refractivity contribution is 0.0942. The minimum Gasteiger partial charge on any atom is -0.349 e. The predicted octanol–water partition coefficient (Wildman–Crippen LogP) is 2.62. The normalized spacial score (nSPS) is 11.3. The first kappa shape index (κ1) is 16.8. The van der Waals surface area contributed by atoms with E-state index in [9.17, 15) is 4.79 Å². The van der Waals surface area contributed by atoms with Gasteiger partial charge in [0.25, 0.3) is 5.91 Å². The van der Waals surface area contributed by atoms with Gasteiger partial charge in [-0.05, 0) is 31.6 Å². The van der Waals surface area contributed by atoms with Crippen LogP contribution in [0.5, 0.6) is 0 Å². The number of nitrogens with zero attached hydrogens (tertiary/aromatic N) is 3. The third-order valence-corrected chi connectivity index (χ3v) is 4.04. The van der Waals surface area contributed by atoms with Gasteiger partial charge in [-0.1, -0.05) is 32.4 Å². The van der Waals surface area contributed by atoms with E-state index in [-0.39, 0.29) is 5.91 Å². The van der Waals surface area contributed by atoms with Gasteiger partial charge in [0.05, 0.1) is 10.7 Å². The van der Waals surface area contributed by atoms with Gasteiger partial charge in [0, 0.05) is 19.3 Å². The Bertz CT molecular complexity index is 649. The predicted molar refractivity (Wildman–Crippen MR) is 89.7 cm³/mol. The van der Waals surface area contributed by atoms with Crippen LogP contribution in [0.2, 0.25) is 5.02 Å². The van der Waals surface area contributed by atoms with E-state index in [0.717, 1.165) is 31.0 Å². The fourth-order valence-corrected chi connectivity index (χ4v) is 2.67. The molecule has 0 spiro atoms. The van der Waals surface area contributed by atoms with Gasteiger partial charge in [0.15, 0.2) is 0 Å². The van der Waals surface area contributed by atoms with Crippen LogP contribution in [0.25, 0.3) is 5.65 Å². The van der Waals surface area contributed by atoms with Crippen molar-refractivity contribution in [2.24, 2.45) is 0 Å². The topological polar surface area (TPSA) is 49.6 Å². The quantitative estimate of drug-likeness (QED) is 0.852. The van der Waals surface area contributed by atoms with E-state index >= 15 is 0 Å². The second-order valence-corrected chi connectivity index (χ2v) is 5.56. The zero-order valence-corrected chi connectivity index (χ0v) is 14.2. The maximum atomic E-state index is 12.5. The number of nitrogens with one attached hydrogen (secondary N) is 1. The van der Waals surface area contributed by atoms with Crippen LogP contribution in [0.15, 0.2) is 18.3 Å². The van der Waals surface area contributed by atoms with Gasteiger partial charge >= 0.3 is 0 Å². The third-order valence-electron chi connectivity index (χ3n) is 3.81. The van der Waals surface area contributed by atoms with E-state index < -0.39 is 0 Å². The van der Waals surface area contributed by atoms with Gasteiger partial charge in [0.1, 0.15) is 11.3 Å². The Morgan fingerprint density at radius 2 is 2.05 bits per heavy atom. The number of hydrogen-bond acceptors (Lipinski definition) is 3. The number of pyridine rings is 1. The molecule has 0 radical (unpaired) electrons. The van der Waals surface area contributed by atoms with Crippen molar-refractivity contribution in [3.63, 3.8) is 0 Å². The number of carbonyl (C=O) groups excluding carboxylic acids is 1. The lowest BCUT2D eigenvalue weighted by Gasteiger charge is -2.18. The molecule has 0 unspecified atom stereocenters. The number of aromatic nitrogens is 2. The molecule has 0 aliphatic rings. The molecule has 0 aromatic carbocycles. The molecule has 0 aliphatic heterocycles. The molecule has 2 aromatic heterocycles. The molecule has 0 aliphatic carbocycles. The summed E-state index contributed by atoms with van der Waals surface area (Å²) in [6.07, 6.45) is 2.44. The Balaban J connectivity index is 2.18. The van der Waals surface area contributed by atoms with Crippen molar-refractivity contribution in [3.8, 4) is 0 Å². The van der Waals surface area contributed by atoms with Crippen molar-refractivity contribution in [1.29, 1.82) is 0 Å². The lowest BCUT2D eigenvalue weighted by Crippen LogP contribution is -2.35. The Kier molecular flexibility index (Phi) is 5.80. The molecule has 1 amide bonds. The van der Waals surface area contributed by atoms with E-state index in [1.807, 2.05) is 13.0 Å². The molecule has 2 rings (SSSR count). The van der Waals surface area contributed by atoms with Crippen LogP contribution in [-0.4, -0.2) is 46.4 Å². The average Bonchev–Trinajstić information content (AvgIpc) is 2.89. The Hall–Kier alpha value is -1.59. The van der Waals surface area contributed by atoms with Gasteiger partial charge in [-0.15, -0.1) is 0 Å². The molecular formula is C16H23ClN4O. The van der Waals surface area contributed by atoms with Crippen LogP contribution in [0.1, 0.15) is 37.0 Å². The number of hydrogen-bond donors (Lipinski definition) is 1. The van der Waals surface area contributed by atoms with Crippen molar-refractivity contribution in [2.45, 2.75) is 27.2 Å². The smallest absolute Gasteiger partial charge is 0.270 e.